The highest BCUT2D eigenvalue weighted by Gasteiger charge is 2.20. The van der Waals surface area contributed by atoms with Gasteiger partial charge in [-0.05, 0) is 27.1 Å². The number of sulfonamides is 1. The second-order valence-electron chi connectivity index (χ2n) is 4.71. The lowest BCUT2D eigenvalue weighted by molar-refractivity contribution is 0.358. The molecule has 0 saturated carbocycles. The predicted octanol–water partition coefficient (Wildman–Crippen LogP) is 0.928. The molecule has 0 spiro atoms. The summed E-state index contributed by atoms with van der Waals surface area (Å²) in [6.07, 6.45) is 0. The first-order valence-corrected chi connectivity index (χ1v) is 8.37. The van der Waals surface area contributed by atoms with Crippen LogP contribution in [0.15, 0.2) is 15.4 Å². The molecule has 6 nitrogen and oxygen atoms in total. The van der Waals surface area contributed by atoms with Gasteiger partial charge in [-0.15, -0.1) is 0 Å². The highest BCUT2D eigenvalue weighted by atomic mass is 32.2. The van der Waals surface area contributed by atoms with E-state index in [4.69, 9.17) is 4.42 Å². The Labute approximate surface area is 121 Å². The zero-order chi connectivity index (χ0) is 15.2. The van der Waals surface area contributed by atoms with Crippen molar-refractivity contribution in [3.63, 3.8) is 0 Å². The quantitative estimate of drug-likeness (QED) is 0.710. The maximum Gasteiger partial charge on any atom is 0.244 e. The molecule has 0 radical (unpaired) electrons. The first-order valence-electron chi connectivity index (χ1n) is 6.89. The van der Waals surface area contributed by atoms with Crippen LogP contribution in [0.25, 0.3) is 0 Å². The van der Waals surface area contributed by atoms with Crippen LogP contribution in [0.1, 0.15) is 25.4 Å². The van der Waals surface area contributed by atoms with Gasteiger partial charge in [0.1, 0.15) is 16.4 Å². The number of hydrogen-bond acceptors (Lipinski definition) is 5. The van der Waals surface area contributed by atoms with Crippen molar-refractivity contribution in [1.82, 2.24) is 14.9 Å². The van der Waals surface area contributed by atoms with Crippen LogP contribution in [0.4, 0.5) is 0 Å². The Balaban J connectivity index is 2.69. The first kappa shape index (κ1) is 17.2. The van der Waals surface area contributed by atoms with Crippen molar-refractivity contribution in [2.75, 3.05) is 33.2 Å². The van der Waals surface area contributed by atoms with E-state index in [2.05, 4.69) is 10.0 Å². The molecule has 1 aromatic heterocycles. The molecule has 0 aliphatic rings. The van der Waals surface area contributed by atoms with Crippen LogP contribution < -0.4 is 10.0 Å². The van der Waals surface area contributed by atoms with Gasteiger partial charge in [-0.2, -0.15) is 0 Å². The van der Waals surface area contributed by atoms with Gasteiger partial charge in [0.2, 0.25) is 10.0 Å². The number of hydrogen-bond donors (Lipinski definition) is 2. The van der Waals surface area contributed by atoms with Gasteiger partial charge in [-0.1, -0.05) is 13.8 Å². The van der Waals surface area contributed by atoms with Gasteiger partial charge in [0.05, 0.1) is 6.54 Å². The smallest absolute Gasteiger partial charge is 0.244 e. The second kappa shape index (κ2) is 7.78. The molecule has 0 aromatic carbocycles. The molecule has 0 aliphatic carbocycles. The number of nitrogens with zero attached hydrogens (tertiary/aromatic N) is 1. The summed E-state index contributed by atoms with van der Waals surface area (Å²) in [5.41, 5.74) is 0. The summed E-state index contributed by atoms with van der Waals surface area (Å²) in [5, 5.41) is 3.11. The van der Waals surface area contributed by atoms with Crippen LogP contribution in [0, 0.1) is 6.92 Å². The minimum absolute atomic E-state index is 0.226. The van der Waals surface area contributed by atoms with Crippen molar-refractivity contribution >= 4 is 10.0 Å². The molecule has 1 heterocycles. The summed E-state index contributed by atoms with van der Waals surface area (Å²) >= 11 is 0. The highest BCUT2D eigenvalue weighted by molar-refractivity contribution is 7.89. The molecule has 1 rings (SSSR count). The molecule has 2 N–H and O–H groups in total. The van der Waals surface area contributed by atoms with Crippen molar-refractivity contribution in [1.29, 1.82) is 0 Å². The fourth-order valence-electron chi connectivity index (χ4n) is 1.73. The Morgan fingerprint density at radius 2 is 2.05 bits per heavy atom. The summed E-state index contributed by atoms with van der Waals surface area (Å²) in [5.74, 6) is 1.06. The van der Waals surface area contributed by atoms with Gasteiger partial charge in [-0.25, -0.2) is 13.1 Å². The monoisotopic (exact) mass is 303 g/mol. The number of nitrogens with one attached hydrogen (secondary N) is 2. The summed E-state index contributed by atoms with van der Waals surface area (Å²) in [6.45, 7) is 8.98. The van der Waals surface area contributed by atoms with Crippen LogP contribution in [0.2, 0.25) is 0 Å². The summed E-state index contributed by atoms with van der Waals surface area (Å²) in [7, 11) is -1.55. The first-order chi connectivity index (χ1) is 9.40. The van der Waals surface area contributed by atoms with E-state index in [1.165, 1.54) is 0 Å². The molecule has 116 valence electrons. The topological polar surface area (TPSA) is 74.6 Å². The Hall–Kier alpha value is -0.890. The molecule has 7 heteroatoms. The van der Waals surface area contributed by atoms with Gasteiger partial charge in [0.15, 0.2) is 0 Å². The van der Waals surface area contributed by atoms with Crippen LogP contribution in [-0.2, 0) is 16.6 Å². The molecule has 0 atom stereocenters. The Morgan fingerprint density at radius 1 is 1.35 bits per heavy atom. The third kappa shape index (κ3) is 4.90. The van der Waals surface area contributed by atoms with Crippen molar-refractivity contribution in [3.05, 3.63) is 17.6 Å². The average molecular weight is 303 g/mol. The third-order valence-electron chi connectivity index (χ3n) is 3.09. The average Bonchev–Trinajstić information content (AvgIpc) is 2.78. The van der Waals surface area contributed by atoms with E-state index in [9.17, 15) is 8.42 Å². The lowest BCUT2D eigenvalue weighted by atomic mass is 10.4. The van der Waals surface area contributed by atoms with E-state index in [1.807, 2.05) is 25.8 Å². The fraction of sp³-hybridized carbons (Fsp3) is 0.692. The summed E-state index contributed by atoms with van der Waals surface area (Å²) < 4.78 is 32.5. The minimum Gasteiger partial charge on any atom is -0.464 e. The van der Waals surface area contributed by atoms with Gasteiger partial charge >= 0.3 is 0 Å². The molecule has 1 aromatic rings. The summed E-state index contributed by atoms with van der Waals surface area (Å²) in [4.78, 5) is 2.27. The molecule has 0 bridgehead atoms. The maximum atomic E-state index is 12.2. The van der Waals surface area contributed by atoms with Gasteiger partial charge in [0.25, 0.3) is 0 Å². The molecule has 20 heavy (non-hydrogen) atoms. The van der Waals surface area contributed by atoms with Crippen LogP contribution >= 0.6 is 0 Å². The van der Waals surface area contributed by atoms with Gasteiger partial charge in [-0.3, -0.25) is 0 Å². The van der Waals surface area contributed by atoms with Crippen molar-refractivity contribution in [2.24, 2.45) is 0 Å². The fourth-order valence-corrected chi connectivity index (χ4v) is 2.96. The van der Waals surface area contributed by atoms with E-state index in [0.717, 1.165) is 13.1 Å². The van der Waals surface area contributed by atoms with Crippen molar-refractivity contribution in [3.8, 4) is 0 Å². The van der Waals surface area contributed by atoms with E-state index < -0.39 is 10.0 Å². The Kier molecular flexibility index (Phi) is 6.67. The zero-order valence-electron chi connectivity index (χ0n) is 12.7. The predicted molar refractivity (Wildman–Crippen MR) is 79.2 cm³/mol. The molecular weight excluding hydrogens is 278 g/mol. The van der Waals surface area contributed by atoms with Crippen molar-refractivity contribution in [2.45, 2.75) is 32.2 Å². The number of likely N-dealkylation sites (N-methyl/N-ethyl adjacent to an activating group) is 1. The molecule has 0 unspecified atom stereocenters. The molecule has 0 aliphatic heterocycles. The number of aryl methyl sites for hydroxylation is 1. The van der Waals surface area contributed by atoms with Gasteiger partial charge < -0.3 is 14.6 Å². The van der Waals surface area contributed by atoms with Crippen molar-refractivity contribution < 1.29 is 12.8 Å². The van der Waals surface area contributed by atoms with E-state index in [-0.39, 0.29) is 4.90 Å². The molecular formula is C13H25N3O3S. The Morgan fingerprint density at radius 3 is 2.65 bits per heavy atom. The lowest BCUT2D eigenvalue weighted by Gasteiger charge is -2.13. The number of furan rings is 1. The third-order valence-corrected chi connectivity index (χ3v) is 4.66. The van der Waals surface area contributed by atoms with E-state index >= 15 is 0 Å². The minimum atomic E-state index is -3.50. The molecule has 0 amide bonds. The maximum absolute atomic E-state index is 12.2. The van der Waals surface area contributed by atoms with E-state index in [1.54, 1.807) is 13.0 Å². The van der Waals surface area contributed by atoms with E-state index in [0.29, 0.717) is 31.2 Å². The standard InChI is InChI=1S/C13H25N3O3S/c1-5-14-10-12-9-13(11(3)19-12)20(17,18)15-7-8-16(4)6-2/h9,14-15H,5-8,10H2,1-4H3. The number of rotatable bonds is 9. The molecule has 0 fully saturated rings. The van der Waals surface area contributed by atoms with Crippen LogP contribution in [0.3, 0.4) is 0 Å². The lowest BCUT2D eigenvalue weighted by Crippen LogP contribution is -2.33. The van der Waals surface area contributed by atoms with Crippen LogP contribution in [0.5, 0.6) is 0 Å². The molecule has 0 saturated heterocycles. The Bertz CT molecular complexity index is 511. The zero-order valence-corrected chi connectivity index (χ0v) is 13.5. The normalized spacial score (nSPS) is 12.2. The second-order valence-corrected chi connectivity index (χ2v) is 6.44. The van der Waals surface area contributed by atoms with Crippen LogP contribution in [-0.4, -0.2) is 46.5 Å². The highest BCUT2D eigenvalue weighted by Crippen LogP contribution is 2.19. The largest absolute Gasteiger partial charge is 0.464 e. The van der Waals surface area contributed by atoms with Gasteiger partial charge in [0, 0.05) is 19.2 Å². The summed E-state index contributed by atoms with van der Waals surface area (Å²) in [6, 6.07) is 1.59. The SMILES string of the molecule is CCNCc1cc(S(=O)(=O)NCCN(C)CC)c(C)o1.